The van der Waals surface area contributed by atoms with Gasteiger partial charge in [0.25, 0.3) is 0 Å². The number of oxime groups is 1. The molecule has 0 spiro atoms. The molecule has 2 N–H and O–H groups in total. The standard InChI is InChI=1S/C30H32N3O3PS2/c1-3-37(38,4-2)27(28(34)35)33-36-21-20-26-22-39-29(31-26)32-30(23-14-8-5-9-15-23,24-16-10-6-11-17-24)25-18-12-7-13-19-25/h5-19,22H,3-4,20-21H2,1-2H3,(H,31,32)(H,34,35). The fraction of sp³-hybridized carbons (Fsp3) is 0.233. The van der Waals surface area contributed by atoms with E-state index >= 15 is 0 Å². The summed E-state index contributed by atoms with van der Waals surface area (Å²) in [5.74, 6) is -1.10. The molecule has 0 aliphatic rings. The number of benzene rings is 3. The summed E-state index contributed by atoms with van der Waals surface area (Å²) in [6.45, 7) is 4.03. The van der Waals surface area contributed by atoms with E-state index in [9.17, 15) is 9.90 Å². The van der Waals surface area contributed by atoms with Gasteiger partial charge in [-0.15, -0.1) is 11.3 Å². The second-order valence-electron chi connectivity index (χ2n) is 8.94. The molecule has 0 radical (unpaired) electrons. The molecule has 1 heterocycles. The Morgan fingerprint density at radius 3 is 1.87 bits per heavy atom. The molecule has 202 valence electrons. The molecule has 0 fully saturated rings. The predicted octanol–water partition coefficient (Wildman–Crippen LogP) is 7.02. The largest absolute Gasteiger partial charge is 0.476 e. The van der Waals surface area contributed by atoms with Crippen molar-refractivity contribution < 1.29 is 14.7 Å². The molecule has 0 amide bonds. The lowest BCUT2D eigenvalue weighted by Crippen LogP contribution is -2.38. The molecule has 0 aliphatic heterocycles. The van der Waals surface area contributed by atoms with Gasteiger partial charge in [-0.25, -0.2) is 9.78 Å². The van der Waals surface area contributed by atoms with Crippen LogP contribution in [-0.2, 0) is 33.4 Å². The Kier molecular flexibility index (Phi) is 9.68. The summed E-state index contributed by atoms with van der Waals surface area (Å²) in [5, 5.41) is 20.1. The first-order valence-electron chi connectivity index (χ1n) is 12.8. The van der Waals surface area contributed by atoms with Crippen LogP contribution in [0, 0.1) is 0 Å². The third-order valence-electron chi connectivity index (χ3n) is 6.67. The van der Waals surface area contributed by atoms with Crippen LogP contribution < -0.4 is 5.32 Å². The Bertz CT molecular complexity index is 1340. The molecular formula is C30H32N3O3PS2. The number of nitrogens with zero attached hydrogens (tertiary/aromatic N) is 2. The van der Waals surface area contributed by atoms with E-state index in [1.54, 1.807) is 0 Å². The summed E-state index contributed by atoms with van der Waals surface area (Å²) in [4.78, 5) is 22.0. The SMILES string of the molecule is CCP(=S)(CC)C(=NOCCc1csc(NC(c2ccccc2)(c2ccccc2)c2ccccc2)n1)C(=O)O. The Morgan fingerprint density at radius 2 is 1.44 bits per heavy atom. The van der Waals surface area contributed by atoms with Crippen LogP contribution in [0.15, 0.2) is 102 Å². The minimum absolute atomic E-state index is 0.0125. The molecule has 0 saturated carbocycles. The van der Waals surface area contributed by atoms with Gasteiger partial charge in [-0.1, -0.05) is 122 Å². The molecule has 1 aromatic heterocycles. The maximum absolute atomic E-state index is 11.7. The summed E-state index contributed by atoms with van der Waals surface area (Å²) in [6, 6.07) is 28.9. The normalized spacial score (nSPS) is 12.2. The van der Waals surface area contributed by atoms with Gasteiger partial charge in [-0.05, 0) is 29.0 Å². The van der Waals surface area contributed by atoms with Crippen LogP contribution >= 0.6 is 17.4 Å². The number of anilines is 1. The van der Waals surface area contributed by atoms with Crippen molar-refractivity contribution in [3.8, 4) is 0 Å². The number of hydrogen-bond donors (Lipinski definition) is 2. The lowest BCUT2D eigenvalue weighted by molar-refractivity contribution is -0.129. The van der Waals surface area contributed by atoms with Crippen molar-refractivity contribution in [3.05, 3.63) is 119 Å². The van der Waals surface area contributed by atoms with Crippen LogP contribution in [0.4, 0.5) is 5.13 Å². The lowest BCUT2D eigenvalue weighted by atomic mass is 9.77. The molecular weight excluding hydrogens is 545 g/mol. The van der Waals surface area contributed by atoms with Crippen molar-refractivity contribution >= 4 is 45.7 Å². The summed E-state index contributed by atoms with van der Waals surface area (Å²) >= 11 is 7.14. The van der Waals surface area contributed by atoms with Crippen molar-refractivity contribution in [3.63, 3.8) is 0 Å². The Balaban J connectivity index is 1.60. The highest BCUT2D eigenvalue weighted by molar-refractivity contribution is 8.23. The summed E-state index contributed by atoms with van der Waals surface area (Å²) in [6.07, 6.45) is 1.69. The monoisotopic (exact) mass is 577 g/mol. The van der Waals surface area contributed by atoms with Crippen LogP contribution in [0.25, 0.3) is 0 Å². The van der Waals surface area contributed by atoms with Gasteiger partial charge in [0.05, 0.1) is 5.69 Å². The molecule has 0 unspecified atom stereocenters. The maximum Gasteiger partial charge on any atom is 0.359 e. The highest BCUT2D eigenvalue weighted by Crippen LogP contribution is 2.47. The second-order valence-corrected chi connectivity index (χ2v) is 15.4. The number of hydrogen-bond acceptors (Lipinski definition) is 7. The number of carbonyl (C=O) groups is 1. The van der Waals surface area contributed by atoms with E-state index in [4.69, 9.17) is 21.6 Å². The number of thiazole rings is 1. The fourth-order valence-corrected chi connectivity index (χ4v) is 7.22. The topological polar surface area (TPSA) is 83.8 Å². The van der Waals surface area contributed by atoms with E-state index in [2.05, 4.69) is 46.9 Å². The molecule has 9 heteroatoms. The zero-order valence-corrected chi connectivity index (χ0v) is 24.5. The smallest absolute Gasteiger partial charge is 0.359 e. The van der Waals surface area contributed by atoms with E-state index in [0.29, 0.717) is 18.7 Å². The molecule has 4 aromatic rings. The minimum atomic E-state index is -2.23. The first-order chi connectivity index (χ1) is 18.9. The first kappa shape index (κ1) is 28.7. The summed E-state index contributed by atoms with van der Waals surface area (Å²) in [7, 11) is 0. The highest BCUT2D eigenvalue weighted by atomic mass is 32.4. The van der Waals surface area contributed by atoms with E-state index in [-0.39, 0.29) is 12.1 Å². The van der Waals surface area contributed by atoms with Gasteiger partial charge in [-0.2, -0.15) is 0 Å². The van der Waals surface area contributed by atoms with Gasteiger partial charge in [0, 0.05) is 17.8 Å². The molecule has 0 atom stereocenters. The van der Waals surface area contributed by atoms with Crippen LogP contribution in [0.2, 0.25) is 0 Å². The zero-order chi connectivity index (χ0) is 27.7. The number of carboxylic acid groups (broad SMARTS) is 1. The third-order valence-corrected chi connectivity index (χ3v) is 12.6. The van der Waals surface area contributed by atoms with E-state index in [1.165, 1.54) is 11.3 Å². The van der Waals surface area contributed by atoms with Crippen LogP contribution in [0.5, 0.6) is 0 Å². The van der Waals surface area contributed by atoms with Crippen LogP contribution in [-0.4, -0.2) is 40.4 Å². The summed E-state index contributed by atoms with van der Waals surface area (Å²) < 4.78 is 0. The van der Waals surface area contributed by atoms with Crippen LogP contribution in [0.1, 0.15) is 36.2 Å². The Hall–Kier alpha value is -3.32. The van der Waals surface area contributed by atoms with E-state index in [0.717, 1.165) is 27.5 Å². The maximum atomic E-state index is 11.7. The minimum Gasteiger partial charge on any atom is -0.476 e. The Morgan fingerprint density at radius 1 is 0.949 bits per heavy atom. The number of carboxylic acids is 1. The van der Waals surface area contributed by atoms with Gasteiger partial charge in [0.2, 0.25) is 0 Å². The first-order valence-corrected chi connectivity index (χ1v) is 16.9. The number of aliphatic carboxylic acids is 1. The molecule has 0 aliphatic carbocycles. The van der Waals surface area contributed by atoms with E-state index in [1.807, 2.05) is 73.8 Å². The van der Waals surface area contributed by atoms with E-state index < -0.39 is 17.5 Å². The average Bonchev–Trinajstić information content (AvgIpc) is 3.43. The average molecular weight is 578 g/mol. The quantitative estimate of drug-likeness (QED) is 0.0584. The lowest BCUT2D eigenvalue weighted by Gasteiger charge is -2.36. The van der Waals surface area contributed by atoms with Crippen molar-refractivity contribution in [2.75, 3.05) is 24.2 Å². The number of aromatic nitrogens is 1. The zero-order valence-electron chi connectivity index (χ0n) is 22.0. The van der Waals surface area contributed by atoms with Gasteiger partial charge in [0.15, 0.2) is 10.6 Å². The fourth-order valence-electron chi connectivity index (χ4n) is 4.49. The van der Waals surface area contributed by atoms with Crippen LogP contribution in [0.3, 0.4) is 0 Å². The van der Waals surface area contributed by atoms with Crippen molar-refractivity contribution in [1.29, 1.82) is 0 Å². The second kappa shape index (κ2) is 13.2. The van der Waals surface area contributed by atoms with Crippen molar-refractivity contribution in [2.24, 2.45) is 5.16 Å². The molecule has 0 saturated heterocycles. The third kappa shape index (κ3) is 6.47. The predicted molar refractivity (Wildman–Crippen MR) is 165 cm³/mol. The number of nitrogens with one attached hydrogen (secondary N) is 1. The molecule has 3 aromatic carbocycles. The Labute approximate surface area is 238 Å². The molecule has 39 heavy (non-hydrogen) atoms. The molecule has 6 nitrogen and oxygen atoms in total. The van der Waals surface area contributed by atoms with Crippen molar-refractivity contribution in [2.45, 2.75) is 25.8 Å². The van der Waals surface area contributed by atoms with Crippen molar-refractivity contribution in [1.82, 2.24) is 4.98 Å². The van der Waals surface area contributed by atoms with Gasteiger partial charge >= 0.3 is 5.97 Å². The number of rotatable bonds is 13. The van der Waals surface area contributed by atoms with Gasteiger partial charge in [0.1, 0.15) is 12.1 Å². The molecule has 0 bridgehead atoms. The summed E-state index contributed by atoms with van der Waals surface area (Å²) in [5.41, 5.74) is 3.46. The van der Waals surface area contributed by atoms with Gasteiger partial charge < -0.3 is 15.3 Å². The highest BCUT2D eigenvalue weighted by Gasteiger charge is 2.37. The molecule has 4 rings (SSSR count). The van der Waals surface area contributed by atoms with Gasteiger partial charge in [-0.3, -0.25) is 0 Å².